The number of furan rings is 1. The maximum absolute atomic E-state index is 13.3. The topological polar surface area (TPSA) is 60.6 Å². The lowest BCUT2D eigenvalue weighted by atomic mass is 9.96. The van der Waals surface area contributed by atoms with Gasteiger partial charge in [-0.3, -0.25) is 4.99 Å². The van der Waals surface area contributed by atoms with Crippen LogP contribution in [0.4, 0.5) is 0 Å². The lowest BCUT2D eigenvalue weighted by Crippen LogP contribution is -2.42. The molecule has 0 bridgehead atoms. The van der Waals surface area contributed by atoms with Crippen LogP contribution in [-0.2, 0) is 11.4 Å². The SMILES string of the molecule is CC(C)(C)[S+]([O-])NC(c1ccco1)C(N=C(c1ccccc1)c1ccccc1)c1ccc(Cl)cc1. The van der Waals surface area contributed by atoms with E-state index in [9.17, 15) is 4.55 Å². The Bertz CT molecular complexity index is 1180. The Kier molecular flexibility index (Phi) is 8.14. The van der Waals surface area contributed by atoms with Crippen LogP contribution in [0.1, 0.15) is 55.3 Å². The summed E-state index contributed by atoms with van der Waals surface area (Å²) in [5.74, 6) is 0.659. The summed E-state index contributed by atoms with van der Waals surface area (Å²) in [5.41, 5.74) is 3.75. The van der Waals surface area contributed by atoms with Crippen LogP contribution in [0.2, 0.25) is 5.02 Å². The van der Waals surface area contributed by atoms with Gasteiger partial charge in [-0.15, -0.1) is 4.72 Å². The number of nitrogens with one attached hydrogen (secondary N) is 1. The van der Waals surface area contributed by atoms with Crippen molar-refractivity contribution >= 4 is 28.7 Å². The van der Waals surface area contributed by atoms with E-state index in [1.807, 2.05) is 118 Å². The van der Waals surface area contributed by atoms with Crippen LogP contribution in [-0.4, -0.2) is 15.0 Å². The molecule has 4 rings (SSSR count). The second-order valence-corrected chi connectivity index (χ2v) is 11.6. The zero-order valence-corrected chi connectivity index (χ0v) is 21.6. The molecule has 0 saturated carbocycles. The molecule has 0 aliphatic carbocycles. The number of halogens is 1. The molecule has 0 amide bonds. The van der Waals surface area contributed by atoms with Gasteiger partial charge in [-0.2, -0.15) is 0 Å². The molecule has 0 fully saturated rings. The summed E-state index contributed by atoms with van der Waals surface area (Å²) in [6.07, 6.45) is 1.63. The highest BCUT2D eigenvalue weighted by Crippen LogP contribution is 2.36. The summed E-state index contributed by atoms with van der Waals surface area (Å²) in [6.45, 7) is 5.82. The van der Waals surface area contributed by atoms with E-state index >= 15 is 0 Å². The normalized spacial score (nSPS) is 14.2. The highest BCUT2D eigenvalue weighted by molar-refractivity contribution is 7.90. The third-order valence-electron chi connectivity index (χ3n) is 5.53. The molecule has 1 heterocycles. The Morgan fingerprint density at radius 2 is 1.43 bits per heavy atom. The molecule has 0 spiro atoms. The summed E-state index contributed by atoms with van der Waals surface area (Å²) in [5, 5.41) is 0.642. The Labute approximate surface area is 215 Å². The summed E-state index contributed by atoms with van der Waals surface area (Å²) in [6, 6.07) is 30.6. The second kappa shape index (κ2) is 11.3. The van der Waals surface area contributed by atoms with Crippen molar-refractivity contribution in [2.75, 3.05) is 0 Å². The van der Waals surface area contributed by atoms with Crippen LogP contribution in [0.3, 0.4) is 0 Å². The van der Waals surface area contributed by atoms with Gasteiger partial charge in [0.2, 0.25) is 0 Å². The van der Waals surface area contributed by atoms with Gasteiger partial charge in [-0.25, -0.2) is 0 Å². The minimum absolute atomic E-state index is 0.444. The Morgan fingerprint density at radius 1 is 0.857 bits per heavy atom. The first-order valence-corrected chi connectivity index (χ1v) is 13.0. The van der Waals surface area contributed by atoms with Gasteiger partial charge in [-0.05, 0) is 50.6 Å². The predicted octanol–water partition coefficient (Wildman–Crippen LogP) is 7.30. The number of hydrogen-bond donors (Lipinski definition) is 1. The van der Waals surface area contributed by atoms with Crippen LogP contribution in [0.5, 0.6) is 0 Å². The molecule has 0 radical (unpaired) electrons. The number of hydrogen-bond acceptors (Lipinski definition) is 4. The van der Waals surface area contributed by atoms with Crippen molar-refractivity contribution in [3.63, 3.8) is 0 Å². The van der Waals surface area contributed by atoms with Crippen LogP contribution in [0.25, 0.3) is 0 Å². The minimum Gasteiger partial charge on any atom is -0.598 e. The van der Waals surface area contributed by atoms with Crippen molar-refractivity contribution < 1.29 is 8.97 Å². The molecule has 4 aromatic rings. The standard InChI is InChI=1S/C29H29ClN2O2S/c1-29(2,3)35(33)32-28(25-15-10-20-34-25)27(23-16-18-24(30)19-17-23)31-26(21-11-6-4-7-12-21)22-13-8-5-9-14-22/h4-20,27-28,32H,1-3H3. The van der Waals surface area contributed by atoms with E-state index in [0.717, 1.165) is 22.4 Å². The van der Waals surface area contributed by atoms with Crippen LogP contribution >= 0.6 is 11.6 Å². The van der Waals surface area contributed by atoms with Crippen molar-refractivity contribution in [3.05, 3.63) is 131 Å². The molecule has 4 nitrogen and oxygen atoms in total. The van der Waals surface area contributed by atoms with E-state index in [0.29, 0.717) is 10.8 Å². The van der Waals surface area contributed by atoms with E-state index in [2.05, 4.69) is 4.72 Å². The Balaban J connectivity index is 1.91. The van der Waals surface area contributed by atoms with E-state index in [4.69, 9.17) is 21.0 Å². The molecule has 0 aliphatic heterocycles. The van der Waals surface area contributed by atoms with Crippen molar-refractivity contribution in [2.45, 2.75) is 37.6 Å². The van der Waals surface area contributed by atoms with E-state index < -0.39 is 28.2 Å². The maximum Gasteiger partial charge on any atom is 0.137 e. The van der Waals surface area contributed by atoms with Crippen molar-refractivity contribution in [2.24, 2.45) is 4.99 Å². The van der Waals surface area contributed by atoms with Gasteiger partial charge in [0.25, 0.3) is 0 Å². The molecular weight excluding hydrogens is 476 g/mol. The van der Waals surface area contributed by atoms with E-state index in [1.165, 1.54) is 0 Å². The van der Waals surface area contributed by atoms with Gasteiger partial charge in [0.1, 0.15) is 22.6 Å². The maximum atomic E-state index is 13.3. The zero-order chi connectivity index (χ0) is 24.8. The fraction of sp³-hybridized carbons (Fsp3) is 0.207. The largest absolute Gasteiger partial charge is 0.598 e. The average molecular weight is 505 g/mol. The first kappa shape index (κ1) is 25.3. The number of rotatable bonds is 8. The first-order chi connectivity index (χ1) is 16.8. The van der Waals surface area contributed by atoms with E-state index in [-0.39, 0.29) is 0 Å². The van der Waals surface area contributed by atoms with Crippen LogP contribution in [0.15, 0.2) is 113 Å². The van der Waals surface area contributed by atoms with Crippen molar-refractivity contribution in [3.8, 4) is 0 Å². The fourth-order valence-electron chi connectivity index (χ4n) is 3.69. The van der Waals surface area contributed by atoms with Gasteiger partial charge in [0.05, 0.1) is 12.0 Å². The zero-order valence-electron chi connectivity index (χ0n) is 20.0. The Morgan fingerprint density at radius 3 is 1.91 bits per heavy atom. The molecule has 0 aliphatic rings. The van der Waals surface area contributed by atoms with Gasteiger partial charge >= 0.3 is 0 Å². The molecular formula is C29H29ClN2O2S. The highest BCUT2D eigenvalue weighted by atomic mass is 35.5. The quantitative estimate of drug-likeness (QED) is 0.202. The van der Waals surface area contributed by atoms with Crippen LogP contribution in [0, 0.1) is 0 Å². The second-order valence-electron chi connectivity index (χ2n) is 9.20. The average Bonchev–Trinajstić information content (AvgIpc) is 3.39. The number of benzene rings is 3. The van der Waals surface area contributed by atoms with Gasteiger partial charge < -0.3 is 8.97 Å². The number of nitrogens with zero attached hydrogens (tertiary/aromatic N) is 1. The van der Waals surface area contributed by atoms with E-state index in [1.54, 1.807) is 6.26 Å². The molecule has 1 aromatic heterocycles. The lowest BCUT2D eigenvalue weighted by molar-refractivity contribution is 0.400. The third-order valence-corrected chi connectivity index (χ3v) is 7.36. The molecule has 3 atom stereocenters. The smallest absolute Gasteiger partial charge is 0.137 e. The Hall–Kier alpha value is -2.83. The molecule has 0 saturated heterocycles. The summed E-state index contributed by atoms with van der Waals surface area (Å²) < 4.78 is 22.0. The molecule has 3 aromatic carbocycles. The summed E-state index contributed by atoms with van der Waals surface area (Å²) in [7, 11) is 0. The van der Waals surface area contributed by atoms with Gasteiger partial charge in [0, 0.05) is 27.5 Å². The monoisotopic (exact) mass is 504 g/mol. The first-order valence-electron chi connectivity index (χ1n) is 11.5. The predicted molar refractivity (Wildman–Crippen MR) is 145 cm³/mol. The molecule has 35 heavy (non-hydrogen) atoms. The van der Waals surface area contributed by atoms with Crippen molar-refractivity contribution in [1.82, 2.24) is 4.72 Å². The molecule has 1 N–H and O–H groups in total. The third kappa shape index (κ3) is 6.44. The summed E-state index contributed by atoms with van der Waals surface area (Å²) >= 11 is 4.86. The molecule has 3 unspecified atom stereocenters. The fourth-order valence-corrected chi connectivity index (χ4v) is 4.64. The van der Waals surface area contributed by atoms with Gasteiger partial charge in [-0.1, -0.05) is 84.4 Å². The van der Waals surface area contributed by atoms with Crippen LogP contribution < -0.4 is 4.72 Å². The van der Waals surface area contributed by atoms with Gasteiger partial charge in [0.15, 0.2) is 0 Å². The highest BCUT2D eigenvalue weighted by Gasteiger charge is 2.36. The minimum atomic E-state index is -1.36. The summed E-state index contributed by atoms with van der Waals surface area (Å²) in [4.78, 5) is 5.32. The van der Waals surface area contributed by atoms with Crippen molar-refractivity contribution in [1.29, 1.82) is 0 Å². The molecule has 180 valence electrons. The lowest BCUT2D eigenvalue weighted by Gasteiger charge is -2.30. The molecule has 6 heteroatoms. The number of aliphatic imine (C=N–C) groups is 1.